The van der Waals surface area contributed by atoms with Gasteiger partial charge in [0.05, 0.1) is 5.54 Å². The van der Waals surface area contributed by atoms with E-state index < -0.39 is 16.6 Å². The maximum Gasteiger partial charge on any atom is 0.394 e. The van der Waals surface area contributed by atoms with Gasteiger partial charge in [0.15, 0.2) is 0 Å². The van der Waals surface area contributed by atoms with E-state index >= 15 is 0 Å². The van der Waals surface area contributed by atoms with E-state index in [4.69, 9.17) is 23.3 Å². The maximum atomic E-state index is 9.66. The smallest absolute Gasteiger partial charge is 0.379 e. The van der Waals surface area contributed by atoms with Crippen molar-refractivity contribution >= 4 is 10.4 Å². The first kappa shape index (κ1) is 18.2. The third-order valence-corrected chi connectivity index (χ3v) is 2.95. The van der Waals surface area contributed by atoms with Crippen molar-refractivity contribution in [1.82, 2.24) is 4.90 Å². The Morgan fingerprint density at radius 1 is 1.42 bits per heavy atom. The zero-order valence-electron chi connectivity index (χ0n) is 11.3. The molecule has 0 aromatic carbocycles. The summed E-state index contributed by atoms with van der Waals surface area (Å²) in [6, 6.07) is -0.0675. The van der Waals surface area contributed by atoms with Crippen LogP contribution < -0.4 is 5.73 Å². The molecular formula is C11H22N2O5S. The fraction of sp³-hybridized carbons (Fsp3) is 0.636. The molecule has 19 heavy (non-hydrogen) atoms. The Bertz CT molecular complexity index is 424. The molecule has 0 radical (unpaired) electrons. The molecule has 0 amide bonds. The van der Waals surface area contributed by atoms with E-state index in [2.05, 4.69) is 0 Å². The van der Waals surface area contributed by atoms with E-state index in [1.54, 1.807) is 6.92 Å². The van der Waals surface area contributed by atoms with E-state index in [0.717, 1.165) is 6.54 Å². The van der Waals surface area contributed by atoms with Crippen molar-refractivity contribution < 1.29 is 22.6 Å². The molecule has 8 heteroatoms. The Labute approximate surface area is 114 Å². The minimum Gasteiger partial charge on any atom is -0.379 e. The number of aliphatic hydroxyl groups is 1. The second-order valence-corrected chi connectivity index (χ2v) is 5.26. The second kappa shape index (κ2) is 7.13. The molecule has 0 bridgehead atoms. The quantitative estimate of drug-likeness (QED) is 0.433. The monoisotopic (exact) mass is 294 g/mol. The number of hydrogen-bond acceptors (Lipinski definition) is 5. The molecule has 0 aliphatic heterocycles. The molecule has 0 aromatic heterocycles. The van der Waals surface area contributed by atoms with Gasteiger partial charge in [-0.2, -0.15) is 8.42 Å². The van der Waals surface area contributed by atoms with E-state index in [9.17, 15) is 5.11 Å². The van der Waals surface area contributed by atoms with Gasteiger partial charge in [-0.3, -0.25) is 14.0 Å². The molecule has 7 nitrogen and oxygen atoms in total. The van der Waals surface area contributed by atoms with Crippen LogP contribution in [0.2, 0.25) is 0 Å². The number of aliphatic hydroxyl groups excluding tert-OH is 1. The molecule has 0 saturated heterocycles. The SMILES string of the molecule is CCN(C(C)O)C1(C)C=CC=CC1N.O=S(=O)(O)O. The Morgan fingerprint density at radius 2 is 1.89 bits per heavy atom. The summed E-state index contributed by atoms with van der Waals surface area (Å²) in [5.41, 5.74) is 5.76. The van der Waals surface area contributed by atoms with E-state index in [1.165, 1.54) is 0 Å². The average Bonchev–Trinajstić information content (AvgIpc) is 2.20. The lowest BCUT2D eigenvalue weighted by molar-refractivity contribution is -0.0347. The summed E-state index contributed by atoms with van der Waals surface area (Å²) >= 11 is 0. The fourth-order valence-electron chi connectivity index (χ4n) is 2.03. The molecule has 0 spiro atoms. The largest absolute Gasteiger partial charge is 0.394 e. The van der Waals surface area contributed by atoms with Crippen LogP contribution in [0.1, 0.15) is 20.8 Å². The first-order valence-electron chi connectivity index (χ1n) is 5.78. The van der Waals surface area contributed by atoms with Crippen LogP contribution in [0.3, 0.4) is 0 Å². The summed E-state index contributed by atoms with van der Waals surface area (Å²) in [6.45, 7) is 6.62. The second-order valence-electron chi connectivity index (χ2n) is 4.36. The highest BCUT2D eigenvalue weighted by Crippen LogP contribution is 2.25. The fourth-order valence-corrected chi connectivity index (χ4v) is 2.03. The van der Waals surface area contributed by atoms with Gasteiger partial charge in [0.2, 0.25) is 0 Å². The molecule has 3 atom stereocenters. The van der Waals surface area contributed by atoms with Gasteiger partial charge in [-0.15, -0.1) is 0 Å². The van der Waals surface area contributed by atoms with Gasteiger partial charge in [-0.1, -0.05) is 31.2 Å². The van der Waals surface area contributed by atoms with Crippen molar-refractivity contribution in [3.63, 3.8) is 0 Å². The number of nitrogens with zero attached hydrogens (tertiary/aromatic N) is 1. The summed E-state index contributed by atoms with van der Waals surface area (Å²) in [7, 11) is -4.67. The van der Waals surface area contributed by atoms with Gasteiger partial charge in [-0.05, 0) is 20.4 Å². The Hall–Kier alpha value is -0.770. The first-order chi connectivity index (χ1) is 8.52. The summed E-state index contributed by atoms with van der Waals surface area (Å²) in [5.74, 6) is 0. The normalized spacial score (nSPS) is 27.9. The third kappa shape index (κ3) is 6.28. The summed E-state index contributed by atoms with van der Waals surface area (Å²) in [5, 5.41) is 9.66. The lowest BCUT2D eigenvalue weighted by Gasteiger charge is -2.44. The topological polar surface area (TPSA) is 124 Å². The number of allylic oxidation sites excluding steroid dienone is 2. The van der Waals surface area contributed by atoms with Crippen LogP contribution in [-0.2, 0) is 10.4 Å². The highest BCUT2D eigenvalue weighted by atomic mass is 32.3. The number of hydrogen-bond donors (Lipinski definition) is 4. The van der Waals surface area contributed by atoms with Gasteiger partial charge in [0, 0.05) is 6.04 Å². The molecule has 0 fully saturated rings. The first-order valence-corrected chi connectivity index (χ1v) is 7.18. The maximum absolute atomic E-state index is 9.66. The summed E-state index contributed by atoms with van der Waals surface area (Å²) < 4.78 is 31.6. The van der Waals surface area contributed by atoms with E-state index in [1.807, 2.05) is 43.1 Å². The zero-order valence-corrected chi connectivity index (χ0v) is 12.1. The predicted molar refractivity (Wildman–Crippen MR) is 72.9 cm³/mol. The van der Waals surface area contributed by atoms with Gasteiger partial charge in [0.25, 0.3) is 0 Å². The minimum absolute atomic E-state index is 0.0675. The van der Waals surface area contributed by atoms with Crippen LogP contribution >= 0.6 is 0 Å². The molecule has 0 heterocycles. The Morgan fingerprint density at radius 3 is 2.21 bits per heavy atom. The van der Waals surface area contributed by atoms with Crippen molar-refractivity contribution in [3.8, 4) is 0 Å². The molecule has 5 N–H and O–H groups in total. The highest BCUT2D eigenvalue weighted by molar-refractivity contribution is 7.79. The lowest BCUT2D eigenvalue weighted by Crippen LogP contribution is -2.59. The standard InChI is InChI=1S/C11H20N2O.H2O4S/c1-4-13(9(2)14)11(3)8-6-5-7-10(11)12;1-5(2,3)4/h5-10,14H,4,12H2,1-3H3;(H2,1,2,3,4). The molecule has 1 rings (SSSR count). The van der Waals surface area contributed by atoms with Gasteiger partial charge >= 0.3 is 10.4 Å². The van der Waals surface area contributed by atoms with Crippen molar-refractivity contribution in [1.29, 1.82) is 0 Å². The number of likely N-dealkylation sites (N-methyl/N-ethyl adjacent to an activating group) is 1. The Balaban J connectivity index is 0.000000555. The van der Waals surface area contributed by atoms with E-state index in [0.29, 0.717) is 0 Å². The van der Waals surface area contributed by atoms with Crippen LogP contribution in [0.5, 0.6) is 0 Å². The van der Waals surface area contributed by atoms with Gasteiger partial charge < -0.3 is 10.8 Å². The summed E-state index contributed by atoms with van der Waals surface area (Å²) in [4.78, 5) is 1.98. The van der Waals surface area contributed by atoms with Crippen molar-refractivity contribution in [3.05, 3.63) is 24.3 Å². The summed E-state index contributed by atoms with van der Waals surface area (Å²) in [6.07, 6.45) is 7.46. The lowest BCUT2D eigenvalue weighted by atomic mass is 9.86. The predicted octanol–water partition coefficient (Wildman–Crippen LogP) is 0.206. The van der Waals surface area contributed by atoms with Crippen LogP contribution in [0.25, 0.3) is 0 Å². The van der Waals surface area contributed by atoms with Crippen LogP contribution in [0.4, 0.5) is 0 Å². The molecule has 3 unspecified atom stereocenters. The molecule has 112 valence electrons. The third-order valence-electron chi connectivity index (χ3n) is 2.95. The van der Waals surface area contributed by atoms with Gasteiger partial charge in [0.1, 0.15) is 6.23 Å². The van der Waals surface area contributed by atoms with Crippen LogP contribution in [0.15, 0.2) is 24.3 Å². The highest BCUT2D eigenvalue weighted by Gasteiger charge is 2.36. The molecule has 0 aromatic rings. The average molecular weight is 294 g/mol. The molecule has 0 saturated carbocycles. The van der Waals surface area contributed by atoms with E-state index in [-0.39, 0.29) is 11.6 Å². The number of nitrogens with two attached hydrogens (primary N) is 1. The molecular weight excluding hydrogens is 272 g/mol. The molecule has 1 aliphatic rings. The van der Waals surface area contributed by atoms with Crippen LogP contribution in [-0.4, -0.2) is 51.9 Å². The van der Waals surface area contributed by atoms with Crippen molar-refractivity contribution in [2.24, 2.45) is 5.73 Å². The van der Waals surface area contributed by atoms with Crippen molar-refractivity contribution in [2.45, 2.75) is 38.6 Å². The zero-order chi connectivity index (χ0) is 15.3. The van der Waals surface area contributed by atoms with Gasteiger partial charge in [-0.25, -0.2) is 0 Å². The molecule has 1 aliphatic carbocycles. The number of rotatable bonds is 3. The Kier molecular flexibility index (Phi) is 6.84. The van der Waals surface area contributed by atoms with Crippen molar-refractivity contribution in [2.75, 3.05) is 6.54 Å². The minimum atomic E-state index is -4.67. The van der Waals surface area contributed by atoms with Crippen LogP contribution in [0, 0.1) is 0 Å².